The number of nitrogens with zero attached hydrogens (tertiary/aromatic N) is 2. The van der Waals surface area contributed by atoms with E-state index in [1.807, 2.05) is 73.0 Å². The molecule has 2 aromatic heterocycles. The summed E-state index contributed by atoms with van der Waals surface area (Å²) < 4.78 is 16.7. The molecule has 31 heavy (non-hydrogen) atoms. The predicted octanol–water partition coefficient (Wildman–Crippen LogP) is 5.71. The summed E-state index contributed by atoms with van der Waals surface area (Å²) in [4.78, 5) is 17.4. The van der Waals surface area contributed by atoms with Gasteiger partial charge in [0.25, 0.3) is 5.91 Å². The summed E-state index contributed by atoms with van der Waals surface area (Å²) in [7, 11) is 0. The Kier molecular flexibility index (Phi) is 4.81. The van der Waals surface area contributed by atoms with Gasteiger partial charge in [-0.05, 0) is 62.4 Å². The highest BCUT2D eigenvalue weighted by Gasteiger charge is 2.21. The highest BCUT2D eigenvalue weighted by atomic mass is 19.1. The molecule has 1 amide bonds. The van der Waals surface area contributed by atoms with Crippen molar-refractivity contribution in [3.63, 3.8) is 0 Å². The van der Waals surface area contributed by atoms with E-state index in [-0.39, 0.29) is 17.8 Å². The minimum absolute atomic E-state index is 0.0588. The minimum atomic E-state index is -0.246. The number of hydrogen-bond donors (Lipinski definition) is 1. The van der Waals surface area contributed by atoms with Crippen LogP contribution in [0.3, 0.4) is 0 Å². The molecule has 2 heterocycles. The van der Waals surface area contributed by atoms with Crippen molar-refractivity contribution in [1.82, 2.24) is 14.7 Å². The lowest BCUT2D eigenvalue weighted by Crippen LogP contribution is -2.39. The van der Waals surface area contributed by atoms with Crippen LogP contribution in [0.25, 0.3) is 28.0 Å². The molecule has 1 aliphatic carbocycles. The average molecular weight is 413 g/mol. The van der Waals surface area contributed by atoms with Gasteiger partial charge >= 0.3 is 0 Å². The van der Waals surface area contributed by atoms with Crippen molar-refractivity contribution in [1.29, 1.82) is 0 Å². The van der Waals surface area contributed by atoms with Crippen LogP contribution in [-0.4, -0.2) is 21.3 Å². The number of aromatic nitrogens is 2. The molecule has 1 N–H and O–H groups in total. The van der Waals surface area contributed by atoms with Crippen molar-refractivity contribution in [2.45, 2.75) is 39.2 Å². The number of pyridine rings is 1. The molecule has 0 spiro atoms. The lowest BCUT2D eigenvalue weighted by molar-refractivity contribution is 0.0917. The van der Waals surface area contributed by atoms with Crippen molar-refractivity contribution < 1.29 is 9.18 Å². The summed E-state index contributed by atoms with van der Waals surface area (Å²) in [6.45, 7) is 3.87. The van der Waals surface area contributed by atoms with Gasteiger partial charge in [0.15, 0.2) is 0 Å². The lowest BCUT2D eigenvalue weighted by Gasteiger charge is -2.26. The number of benzene rings is 2. The third-order valence-electron chi connectivity index (χ3n) is 6.16. The number of imidazole rings is 1. The Hall–Kier alpha value is -3.47. The maximum atomic E-state index is 14.7. The predicted molar refractivity (Wildman–Crippen MR) is 121 cm³/mol. The summed E-state index contributed by atoms with van der Waals surface area (Å²) in [5.74, 6) is -0.305. The molecule has 5 rings (SSSR count). The van der Waals surface area contributed by atoms with E-state index in [0.717, 1.165) is 40.9 Å². The molecule has 5 heteroatoms. The van der Waals surface area contributed by atoms with Crippen LogP contribution in [0.15, 0.2) is 60.8 Å². The summed E-state index contributed by atoms with van der Waals surface area (Å²) in [5.41, 5.74) is 6.14. The third kappa shape index (κ3) is 3.50. The number of nitrogens with one attached hydrogen (secondary N) is 1. The minimum Gasteiger partial charge on any atom is -0.349 e. The molecule has 0 aliphatic heterocycles. The molecule has 0 unspecified atom stereocenters. The van der Waals surface area contributed by atoms with Gasteiger partial charge in [-0.1, -0.05) is 36.4 Å². The van der Waals surface area contributed by atoms with Gasteiger partial charge in [-0.15, -0.1) is 0 Å². The molecule has 0 saturated heterocycles. The van der Waals surface area contributed by atoms with E-state index in [1.165, 1.54) is 6.42 Å². The standard InChI is InChI=1S/C26H24FN3O/c1-16-10-11-21(23(27)14-16)20-8-3-4-9-22(20)25-17(2)30-13-12-18(15-24(30)29-25)26(31)28-19-6-5-7-19/h3-4,8-15,19H,5-7H2,1-2H3,(H,28,31). The first-order valence-electron chi connectivity index (χ1n) is 10.7. The molecule has 0 radical (unpaired) electrons. The molecule has 0 atom stereocenters. The second kappa shape index (κ2) is 7.65. The van der Waals surface area contributed by atoms with Crippen LogP contribution >= 0.6 is 0 Å². The molecule has 0 bridgehead atoms. The van der Waals surface area contributed by atoms with Gasteiger partial charge < -0.3 is 9.72 Å². The van der Waals surface area contributed by atoms with E-state index >= 15 is 0 Å². The van der Waals surface area contributed by atoms with Crippen molar-refractivity contribution in [3.05, 3.63) is 83.4 Å². The number of carbonyl (C=O) groups is 1. The van der Waals surface area contributed by atoms with E-state index in [4.69, 9.17) is 4.98 Å². The topological polar surface area (TPSA) is 46.4 Å². The largest absolute Gasteiger partial charge is 0.349 e. The molecule has 156 valence electrons. The van der Waals surface area contributed by atoms with Gasteiger partial charge in [-0.25, -0.2) is 9.37 Å². The molecular weight excluding hydrogens is 389 g/mol. The normalized spacial score (nSPS) is 13.9. The highest BCUT2D eigenvalue weighted by molar-refractivity contribution is 5.95. The first-order chi connectivity index (χ1) is 15.0. The maximum Gasteiger partial charge on any atom is 0.251 e. The monoisotopic (exact) mass is 413 g/mol. The number of aryl methyl sites for hydroxylation is 2. The van der Waals surface area contributed by atoms with Crippen LogP contribution in [0, 0.1) is 19.7 Å². The van der Waals surface area contributed by atoms with Gasteiger partial charge in [0.2, 0.25) is 0 Å². The van der Waals surface area contributed by atoms with Crippen LogP contribution in [0.4, 0.5) is 4.39 Å². The van der Waals surface area contributed by atoms with Crippen LogP contribution in [0.1, 0.15) is 40.9 Å². The third-order valence-corrected chi connectivity index (χ3v) is 6.16. The summed E-state index contributed by atoms with van der Waals surface area (Å²) >= 11 is 0. The van der Waals surface area contributed by atoms with Crippen LogP contribution < -0.4 is 5.32 Å². The maximum absolute atomic E-state index is 14.7. The fourth-order valence-corrected chi connectivity index (χ4v) is 4.15. The zero-order valence-corrected chi connectivity index (χ0v) is 17.7. The molecule has 1 fully saturated rings. The molecular formula is C26H24FN3O. The zero-order chi connectivity index (χ0) is 21.5. The van der Waals surface area contributed by atoms with Crippen LogP contribution in [0.2, 0.25) is 0 Å². The van der Waals surface area contributed by atoms with Gasteiger partial charge in [-0.3, -0.25) is 4.79 Å². The first-order valence-corrected chi connectivity index (χ1v) is 10.7. The number of amides is 1. The fourth-order valence-electron chi connectivity index (χ4n) is 4.15. The smallest absolute Gasteiger partial charge is 0.251 e. The average Bonchev–Trinajstić information content (AvgIpc) is 3.06. The number of fused-ring (bicyclic) bond motifs is 1. The SMILES string of the molecule is Cc1ccc(-c2ccccc2-c2nc3cc(C(=O)NC4CCC4)ccn3c2C)c(F)c1. The van der Waals surface area contributed by atoms with E-state index in [0.29, 0.717) is 16.8 Å². The van der Waals surface area contributed by atoms with Crippen LogP contribution in [-0.2, 0) is 0 Å². The Labute approximate surface area is 180 Å². The second-order valence-corrected chi connectivity index (χ2v) is 8.32. The summed E-state index contributed by atoms with van der Waals surface area (Å²) in [6, 6.07) is 16.9. The van der Waals surface area contributed by atoms with Crippen LogP contribution in [0.5, 0.6) is 0 Å². The van der Waals surface area contributed by atoms with Crippen molar-refractivity contribution >= 4 is 11.6 Å². The molecule has 1 saturated carbocycles. The Morgan fingerprint density at radius 1 is 1.03 bits per heavy atom. The first kappa shape index (κ1) is 19.5. The molecule has 4 nitrogen and oxygen atoms in total. The van der Waals surface area contributed by atoms with Gasteiger partial charge in [0.05, 0.1) is 5.69 Å². The summed E-state index contributed by atoms with van der Waals surface area (Å²) in [5, 5.41) is 3.07. The Morgan fingerprint density at radius 3 is 2.52 bits per heavy atom. The second-order valence-electron chi connectivity index (χ2n) is 8.32. The van der Waals surface area contributed by atoms with Gasteiger partial charge in [0, 0.05) is 34.6 Å². The van der Waals surface area contributed by atoms with Gasteiger partial charge in [0.1, 0.15) is 11.5 Å². The Balaban J connectivity index is 1.58. The zero-order valence-electron chi connectivity index (χ0n) is 17.7. The quantitative estimate of drug-likeness (QED) is 0.466. The number of hydrogen-bond acceptors (Lipinski definition) is 2. The molecule has 4 aromatic rings. The lowest BCUT2D eigenvalue weighted by atomic mass is 9.93. The van der Waals surface area contributed by atoms with E-state index < -0.39 is 0 Å². The Morgan fingerprint density at radius 2 is 1.81 bits per heavy atom. The number of rotatable bonds is 4. The van der Waals surface area contributed by atoms with E-state index in [9.17, 15) is 9.18 Å². The van der Waals surface area contributed by atoms with E-state index in [1.54, 1.807) is 6.07 Å². The molecule has 1 aliphatic rings. The Bertz CT molecular complexity index is 1300. The van der Waals surface area contributed by atoms with Crippen molar-refractivity contribution in [3.8, 4) is 22.4 Å². The fraction of sp³-hybridized carbons (Fsp3) is 0.231. The number of halogens is 1. The van der Waals surface area contributed by atoms with E-state index in [2.05, 4.69) is 5.32 Å². The highest BCUT2D eigenvalue weighted by Crippen LogP contribution is 2.35. The van der Waals surface area contributed by atoms with Crippen molar-refractivity contribution in [2.24, 2.45) is 0 Å². The molecule has 2 aromatic carbocycles. The van der Waals surface area contributed by atoms with Crippen molar-refractivity contribution in [2.75, 3.05) is 0 Å². The summed E-state index contributed by atoms with van der Waals surface area (Å²) in [6.07, 6.45) is 5.15. The number of carbonyl (C=O) groups excluding carboxylic acids is 1. The van der Waals surface area contributed by atoms with Gasteiger partial charge in [-0.2, -0.15) is 0 Å².